The van der Waals surface area contributed by atoms with Crippen molar-refractivity contribution < 1.29 is 19.2 Å². The van der Waals surface area contributed by atoms with E-state index in [1.54, 1.807) is 5.06 Å². The van der Waals surface area contributed by atoms with Crippen LogP contribution in [0.15, 0.2) is 60.7 Å². The lowest BCUT2D eigenvalue weighted by Crippen LogP contribution is -2.32. The van der Waals surface area contributed by atoms with Gasteiger partial charge in [-0.2, -0.15) is 0 Å². The first-order chi connectivity index (χ1) is 13.6. The van der Waals surface area contributed by atoms with E-state index in [1.165, 1.54) is 0 Å². The van der Waals surface area contributed by atoms with Gasteiger partial charge in [0.2, 0.25) is 0 Å². The van der Waals surface area contributed by atoms with Crippen molar-refractivity contribution in [2.24, 2.45) is 0 Å². The number of nitrogens with one attached hydrogen (secondary N) is 1. The molecular formula is C22H26N2O4. The normalized spacial score (nSPS) is 17.8. The highest BCUT2D eigenvalue weighted by molar-refractivity contribution is 5.71. The van der Waals surface area contributed by atoms with E-state index in [4.69, 9.17) is 9.57 Å². The standard InChI is InChI=1S/C22H26N2O4/c1-17(19-11-6-3-7-12-19)24-20(15-21(25)28-24)13-8-14-23-22(26)27-16-18-9-4-2-5-10-18/h2-7,9-12,17,20H,8,13-16H2,1H3,(H,23,26)/t17-,20+/m1/s1. The van der Waals surface area contributed by atoms with Crippen LogP contribution in [0.1, 0.15) is 43.4 Å². The summed E-state index contributed by atoms with van der Waals surface area (Å²) in [5, 5.41) is 4.54. The third-order valence-electron chi connectivity index (χ3n) is 4.83. The molecule has 1 fully saturated rings. The molecule has 1 saturated heterocycles. The van der Waals surface area contributed by atoms with E-state index in [0.29, 0.717) is 13.0 Å². The van der Waals surface area contributed by atoms with E-state index < -0.39 is 6.09 Å². The van der Waals surface area contributed by atoms with Gasteiger partial charge in [0.1, 0.15) is 6.61 Å². The number of hydrogen-bond acceptors (Lipinski definition) is 5. The van der Waals surface area contributed by atoms with Gasteiger partial charge in [-0.3, -0.25) is 4.79 Å². The van der Waals surface area contributed by atoms with Crippen LogP contribution < -0.4 is 5.32 Å². The molecule has 0 aliphatic carbocycles. The summed E-state index contributed by atoms with van der Waals surface area (Å²) >= 11 is 0. The van der Waals surface area contributed by atoms with Crippen LogP contribution in [0.2, 0.25) is 0 Å². The number of carbonyl (C=O) groups excluding carboxylic acids is 2. The highest BCUT2D eigenvalue weighted by Gasteiger charge is 2.36. The van der Waals surface area contributed by atoms with Gasteiger partial charge >= 0.3 is 12.1 Å². The van der Waals surface area contributed by atoms with Gasteiger partial charge in [-0.15, -0.1) is 5.06 Å². The molecule has 148 valence electrons. The fourth-order valence-electron chi connectivity index (χ4n) is 3.32. The molecule has 6 heteroatoms. The molecular weight excluding hydrogens is 356 g/mol. The number of rotatable bonds is 8. The Hall–Kier alpha value is -2.86. The van der Waals surface area contributed by atoms with Crippen molar-refractivity contribution >= 4 is 12.1 Å². The molecule has 0 spiro atoms. The van der Waals surface area contributed by atoms with Gasteiger partial charge in [0.15, 0.2) is 0 Å². The van der Waals surface area contributed by atoms with E-state index in [9.17, 15) is 9.59 Å². The van der Waals surface area contributed by atoms with Gasteiger partial charge in [-0.05, 0) is 30.9 Å². The van der Waals surface area contributed by atoms with Gasteiger partial charge in [0, 0.05) is 6.54 Å². The molecule has 0 saturated carbocycles. The molecule has 0 aromatic heterocycles. The van der Waals surface area contributed by atoms with Crippen LogP contribution in [0.25, 0.3) is 0 Å². The van der Waals surface area contributed by atoms with Crippen molar-refractivity contribution in [3.05, 3.63) is 71.8 Å². The Morgan fingerprint density at radius 3 is 2.57 bits per heavy atom. The van der Waals surface area contributed by atoms with Crippen LogP contribution in [0, 0.1) is 0 Å². The number of carbonyl (C=O) groups is 2. The van der Waals surface area contributed by atoms with Crippen molar-refractivity contribution in [3.8, 4) is 0 Å². The van der Waals surface area contributed by atoms with Crippen LogP contribution in [0.4, 0.5) is 4.79 Å². The molecule has 1 heterocycles. The zero-order chi connectivity index (χ0) is 19.8. The maximum absolute atomic E-state index is 11.8. The Balaban J connectivity index is 1.40. The van der Waals surface area contributed by atoms with E-state index in [-0.39, 0.29) is 24.7 Å². The SMILES string of the molecule is C[C@H](c1ccccc1)N1OC(=O)C[C@@H]1CCCNC(=O)OCc1ccccc1. The first-order valence-electron chi connectivity index (χ1n) is 9.62. The number of alkyl carbamates (subject to hydrolysis) is 1. The Morgan fingerprint density at radius 2 is 1.86 bits per heavy atom. The average Bonchev–Trinajstić information content (AvgIpc) is 3.11. The van der Waals surface area contributed by atoms with Crippen LogP contribution in [-0.4, -0.2) is 29.7 Å². The summed E-state index contributed by atoms with van der Waals surface area (Å²) in [6.45, 7) is 2.77. The number of ether oxygens (including phenoxy) is 1. The van der Waals surface area contributed by atoms with Gasteiger partial charge in [-0.25, -0.2) is 4.79 Å². The first kappa shape index (κ1) is 19.9. The summed E-state index contributed by atoms with van der Waals surface area (Å²) in [5.74, 6) is -0.206. The van der Waals surface area contributed by atoms with E-state index in [1.807, 2.05) is 67.6 Å². The zero-order valence-corrected chi connectivity index (χ0v) is 16.0. The lowest BCUT2D eigenvalue weighted by atomic mass is 10.0. The summed E-state index contributed by atoms with van der Waals surface area (Å²) in [4.78, 5) is 29.0. The molecule has 3 rings (SSSR count). The number of hydrogen-bond donors (Lipinski definition) is 1. The predicted octanol–water partition coefficient (Wildman–Crippen LogP) is 3.99. The third-order valence-corrected chi connectivity index (χ3v) is 4.83. The summed E-state index contributed by atoms with van der Waals surface area (Å²) in [6.07, 6.45) is 1.43. The van der Waals surface area contributed by atoms with Crippen LogP contribution in [0.5, 0.6) is 0 Å². The van der Waals surface area contributed by atoms with Crippen molar-refractivity contribution in [2.75, 3.05) is 6.54 Å². The van der Waals surface area contributed by atoms with E-state index >= 15 is 0 Å². The quantitative estimate of drug-likeness (QED) is 0.699. The molecule has 1 amide bonds. The molecule has 1 aliphatic rings. The smallest absolute Gasteiger partial charge is 0.407 e. The first-order valence-corrected chi connectivity index (χ1v) is 9.62. The van der Waals surface area contributed by atoms with Gasteiger partial charge in [-0.1, -0.05) is 60.7 Å². The highest BCUT2D eigenvalue weighted by atomic mass is 16.7. The molecule has 28 heavy (non-hydrogen) atoms. The molecule has 0 unspecified atom stereocenters. The Morgan fingerprint density at radius 1 is 1.18 bits per heavy atom. The Kier molecular flexibility index (Phi) is 7.03. The maximum atomic E-state index is 11.8. The summed E-state index contributed by atoms with van der Waals surface area (Å²) in [5.41, 5.74) is 2.05. The minimum absolute atomic E-state index is 0.00449. The zero-order valence-electron chi connectivity index (χ0n) is 16.0. The summed E-state index contributed by atoms with van der Waals surface area (Å²) in [6, 6.07) is 19.5. The monoisotopic (exact) mass is 382 g/mol. The Bertz CT molecular complexity index is 767. The third kappa shape index (κ3) is 5.57. The van der Waals surface area contributed by atoms with Gasteiger partial charge < -0.3 is 14.9 Å². The lowest BCUT2D eigenvalue weighted by molar-refractivity contribution is -0.186. The minimum atomic E-state index is -0.433. The maximum Gasteiger partial charge on any atom is 0.407 e. The molecule has 0 radical (unpaired) electrons. The second-order valence-corrected chi connectivity index (χ2v) is 6.90. The summed E-state index contributed by atoms with van der Waals surface area (Å²) in [7, 11) is 0. The molecule has 2 aromatic carbocycles. The molecule has 2 atom stereocenters. The number of nitrogens with zero attached hydrogens (tertiary/aromatic N) is 1. The molecule has 1 N–H and O–H groups in total. The van der Waals surface area contributed by atoms with Crippen LogP contribution >= 0.6 is 0 Å². The van der Waals surface area contributed by atoms with Crippen molar-refractivity contribution in [2.45, 2.75) is 44.9 Å². The van der Waals surface area contributed by atoms with Crippen LogP contribution in [-0.2, 0) is 21.0 Å². The fourth-order valence-corrected chi connectivity index (χ4v) is 3.32. The van der Waals surface area contributed by atoms with Crippen molar-refractivity contribution in [1.29, 1.82) is 0 Å². The van der Waals surface area contributed by atoms with Gasteiger partial charge in [0.25, 0.3) is 0 Å². The molecule has 6 nitrogen and oxygen atoms in total. The average molecular weight is 382 g/mol. The van der Waals surface area contributed by atoms with Gasteiger partial charge in [0.05, 0.1) is 18.5 Å². The highest BCUT2D eigenvalue weighted by Crippen LogP contribution is 2.30. The number of amides is 1. The van der Waals surface area contributed by atoms with Crippen molar-refractivity contribution in [1.82, 2.24) is 10.4 Å². The molecule has 0 bridgehead atoms. The van der Waals surface area contributed by atoms with E-state index in [2.05, 4.69) is 5.32 Å². The fraction of sp³-hybridized carbons (Fsp3) is 0.364. The number of benzene rings is 2. The summed E-state index contributed by atoms with van der Waals surface area (Å²) < 4.78 is 5.20. The van der Waals surface area contributed by atoms with E-state index in [0.717, 1.165) is 24.0 Å². The largest absolute Gasteiger partial charge is 0.445 e. The topological polar surface area (TPSA) is 67.9 Å². The second-order valence-electron chi connectivity index (χ2n) is 6.90. The van der Waals surface area contributed by atoms with Crippen LogP contribution in [0.3, 0.4) is 0 Å². The predicted molar refractivity (Wildman–Crippen MR) is 105 cm³/mol. The molecule has 1 aliphatic heterocycles. The van der Waals surface area contributed by atoms with Crippen molar-refractivity contribution in [3.63, 3.8) is 0 Å². The lowest BCUT2D eigenvalue weighted by Gasteiger charge is -2.27. The minimum Gasteiger partial charge on any atom is -0.445 e. The number of hydroxylamine groups is 2. The second kappa shape index (κ2) is 9.90. The molecule has 2 aromatic rings. The Labute approximate surface area is 165 Å².